The summed E-state index contributed by atoms with van der Waals surface area (Å²) >= 11 is 5.85. The molecule has 1 aromatic heterocycles. The van der Waals surface area contributed by atoms with Gasteiger partial charge in [-0.05, 0) is 37.6 Å². The van der Waals surface area contributed by atoms with Crippen LogP contribution in [0.2, 0.25) is 5.02 Å². The summed E-state index contributed by atoms with van der Waals surface area (Å²) in [6.07, 6.45) is 0.0625. The molecule has 0 bridgehead atoms. The highest BCUT2D eigenvalue weighted by atomic mass is 35.5. The van der Waals surface area contributed by atoms with Crippen LogP contribution in [0, 0.1) is 18.6 Å². The van der Waals surface area contributed by atoms with Crippen LogP contribution in [0.3, 0.4) is 0 Å². The number of aromatic nitrogens is 1. The molecule has 0 aliphatic heterocycles. The van der Waals surface area contributed by atoms with E-state index in [-0.39, 0.29) is 39.9 Å². The number of halogens is 3. The highest BCUT2D eigenvalue weighted by Gasteiger charge is 2.30. The maximum Gasteiger partial charge on any atom is 0.308 e. The van der Waals surface area contributed by atoms with Gasteiger partial charge in [0, 0.05) is 23.1 Å². The van der Waals surface area contributed by atoms with Gasteiger partial charge in [0.1, 0.15) is 0 Å². The number of carbonyl (C=O) groups is 2. The number of aryl methyl sites for hydroxylation is 1. The van der Waals surface area contributed by atoms with Crippen molar-refractivity contribution >= 4 is 34.4 Å². The molecule has 5 nitrogen and oxygen atoms in total. The molecule has 28 heavy (non-hydrogen) atoms. The van der Waals surface area contributed by atoms with Crippen LogP contribution >= 0.6 is 11.6 Å². The number of benzene rings is 2. The summed E-state index contributed by atoms with van der Waals surface area (Å²) in [5.41, 5.74) is 0.153. The third-order valence-electron chi connectivity index (χ3n) is 4.43. The van der Waals surface area contributed by atoms with Gasteiger partial charge < -0.3 is 9.84 Å². The Morgan fingerprint density at radius 2 is 1.79 bits per heavy atom. The standard InChI is InChI=1S/C20H16ClF2NO4/c1-4-13-15(22)18(26)16(23)14-17(13)24(9(2)19(14)28-10(3)25)20(27)11-5-7-12(21)8-6-11/h5-8,26H,4H2,1-3H3. The van der Waals surface area contributed by atoms with Gasteiger partial charge >= 0.3 is 5.97 Å². The first-order chi connectivity index (χ1) is 13.2. The summed E-state index contributed by atoms with van der Waals surface area (Å²) in [5.74, 6) is -5.23. The molecule has 0 saturated heterocycles. The van der Waals surface area contributed by atoms with E-state index in [1.54, 1.807) is 6.92 Å². The molecule has 0 fully saturated rings. The number of fused-ring (bicyclic) bond motifs is 1. The summed E-state index contributed by atoms with van der Waals surface area (Å²) in [7, 11) is 0. The van der Waals surface area contributed by atoms with E-state index in [1.807, 2.05) is 0 Å². The SMILES string of the molecule is CCc1c(F)c(O)c(F)c2c(OC(C)=O)c(C)n(C(=O)c3ccc(Cl)cc3)c12. The van der Waals surface area contributed by atoms with Crippen molar-refractivity contribution in [1.82, 2.24) is 4.57 Å². The number of phenols is 1. The van der Waals surface area contributed by atoms with E-state index in [0.717, 1.165) is 11.5 Å². The number of hydrogen-bond acceptors (Lipinski definition) is 4. The van der Waals surface area contributed by atoms with Crippen molar-refractivity contribution in [2.45, 2.75) is 27.2 Å². The highest BCUT2D eigenvalue weighted by Crippen LogP contribution is 2.42. The van der Waals surface area contributed by atoms with Gasteiger partial charge in [0.15, 0.2) is 23.1 Å². The highest BCUT2D eigenvalue weighted by molar-refractivity contribution is 6.30. The zero-order valence-corrected chi connectivity index (χ0v) is 16.0. The maximum atomic E-state index is 14.8. The van der Waals surface area contributed by atoms with Gasteiger partial charge in [-0.15, -0.1) is 0 Å². The first kappa shape index (κ1) is 19.8. The predicted octanol–water partition coefficient (Wildman–Crippen LogP) is 4.76. The Morgan fingerprint density at radius 1 is 1.18 bits per heavy atom. The lowest BCUT2D eigenvalue weighted by molar-refractivity contribution is -0.131. The van der Waals surface area contributed by atoms with E-state index in [1.165, 1.54) is 31.2 Å². The molecule has 1 heterocycles. The van der Waals surface area contributed by atoms with Crippen molar-refractivity contribution in [2.24, 2.45) is 0 Å². The summed E-state index contributed by atoms with van der Waals surface area (Å²) < 4.78 is 35.5. The second-order valence-electron chi connectivity index (χ2n) is 6.19. The quantitative estimate of drug-likeness (QED) is 0.635. The second-order valence-corrected chi connectivity index (χ2v) is 6.62. The van der Waals surface area contributed by atoms with Gasteiger partial charge in [-0.1, -0.05) is 18.5 Å². The first-order valence-corrected chi connectivity index (χ1v) is 8.79. The molecule has 146 valence electrons. The van der Waals surface area contributed by atoms with Crippen molar-refractivity contribution < 1.29 is 28.2 Å². The molecule has 0 atom stereocenters. The molecule has 0 aliphatic rings. The van der Waals surface area contributed by atoms with E-state index in [2.05, 4.69) is 0 Å². The monoisotopic (exact) mass is 407 g/mol. The lowest BCUT2D eigenvalue weighted by Crippen LogP contribution is -2.15. The Hall–Kier alpha value is -2.93. The molecule has 3 aromatic rings. The zero-order valence-electron chi connectivity index (χ0n) is 15.3. The van der Waals surface area contributed by atoms with Gasteiger partial charge in [0.2, 0.25) is 0 Å². The molecule has 0 unspecified atom stereocenters. The number of rotatable bonds is 3. The molecule has 8 heteroatoms. The molecular formula is C20H16ClF2NO4. The number of phenolic OH excluding ortho intramolecular Hbond substituents is 1. The van der Waals surface area contributed by atoms with Gasteiger partial charge in [0.25, 0.3) is 5.91 Å². The van der Waals surface area contributed by atoms with E-state index in [4.69, 9.17) is 16.3 Å². The van der Waals surface area contributed by atoms with Crippen LogP contribution in [0.15, 0.2) is 24.3 Å². The average Bonchev–Trinajstić information content (AvgIpc) is 2.92. The van der Waals surface area contributed by atoms with Gasteiger partial charge in [-0.3, -0.25) is 14.2 Å². The minimum absolute atomic E-state index is 0.0625. The van der Waals surface area contributed by atoms with Crippen molar-refractivity contribution in [3.05, 3.63) is 57.7 Å². The van der Waals surface area contributed by atoms with Gasteiger partial charge in [0.05, 0.1) is 16.6 Å². The molecule has 0 aliphatic carbocycles. The van der Waals surface area contributed by atoms with E-state index < -0.39 is 29.3 Å². The number of hydrogen-bond donors (Lipinski definition) is 1. The Balaban J connectivity index is 2.45. The van der Waals surface area contributed by atoms with Gasteiger partial charge in [-0.2, -0.15) is 0 Å². The fraction of sp³-hybridized carbons (Fsp3) is 0.200. The Labute approximate surface area is 164 Å². The zero-order chi connectivity index (χ0) is 20.7. The van der Waals surface area contributed by atoms with Crippen LogP contribution in [-0.4, -0.2) is 21.6 Å². The summed E-state index contributed by atoms with van der Waals surface area (Å²) in [6, 6.07) is 5.97. The summed E-state index contributed by atoms with van der Waals surface area (Å²) in [6.45, 7) is 4.16. The molecule has 0 saturated carbocycles. The average molecular weight is 408 g/mol. The third kappa shape index (κ3) is 3.01. The van der Waals surface area contributed by atoms with Crippen LogP contribution in [0.1, 0.15) is 35.5 Å². The van der Waals surface area contributed by atoms with Crippen molar-refractivity contribution in [3.8, 4) is 11.5 Å². The Kier molecular flexibility index (Phi) is 5.12. The normalized spacial score (nSPS) is 11.1. The fourth-order valence-electron chi connectivity index (χ4n) is 3.19. The molecule has 0 spiro atoms. The lowest BCUT2D eigenvalue weighted by atomic mass is 10.1. The summed E-state index contributed by atoms with van der Waals surface area (Å²) in [5, 5.41) is 9.95. The van der Waals surface area contributed by atoms with Crippen LogP contribution in [0.25, 0.3) is 10.9 Å². The molecule has 2 aromatic carbocycles. The minimum atomic E-state index is -1.30. The number of carbonyl (C=O) groups excluding carboxylic acids is 2. The largest absolute Gasteiger partial charge is 0.503 e. The Bertz CT molecular complexity index is 1120. The van der Waals surface area contributed by atoms with Crippen molar-refractivity contribution in [3.63, 3.8) is 0 Å². The minimum Gasteiger partial charge on any atom is -0.503 e. The summed E-state index contributed by atoms with van der Waals surface area (Å²) in [4.78, 5) is 24.7. The lowest BCUT2D eigenvalue weighted by Gasteiger charge is -2.11. The van der Waals surface area contributed by atoms with Crippen LogP contribution < -0.4 is 4.74 Å². The van der Waals surface area contributed by atoms with Gasteiger partial charge in [-0.25, -0.2) is 8.78 Å². The van der Waals surface area contributed by atoms with E-state index >= 15 is 0 Å². The van der Waals surface area contributed by atoms with Crippen molar-refractivity contribution in [2.75, 3.05) is 0 Å². The predicted molar refractivity (Wildman–Crippen MR) is 100 cm³/mol. The van der Waals surface area contributed by atoms with E-state index in [0.29, 0.717) is 5.02 Å². The second kappa shape index (κ2) is 7.24. The smallest absolute Gasteiger partial charge is 0.308 e. The molecule has 0 amide bonds. The van der Waals surface area contributed by atoms with Crippen molar-refractivity contribution in [1.29, 1.82) is 0 Å². The number of nitrogens with zero attached hydrogens (tertiary/aromatic N) is 1. The third-order valence-corrected chi connectivity index (χ3v) is 4.68. The van der Waals surface area contributed by atoms with E-state index in [9.17, 15) is 23.5 Å². The fourth-order valence-corrected chi connectivity index (χ4v) is 3.31. The first-order valence-electron chi connectivity index (χ1n) is 8.41. The van der Waals surface area contributed by atoms with Crippen LogP contribution in [0.4, 0.5) is 8.78 Å². The maximum absolute atomic E-state index is 14.8. The Morgan fingerprint density at radius 3 is 2.32 bits per heavy atom. The topological polar surface area (TPSA) is 68.5 Å². The van der Waals surface area contributed by atoms with Crippen LogP contribution in [0.5, 0.6) is 11.5 Å². The number of esters is 1. The molecule has 3 rings (SSSR count). The molecular weight excluding hydrogens is 392 g/mol. The van der Waals surface area contributed by atoms with Crippen LogP contribution in [-0.2, 0) is 11.2 Å². The molecule has 1 N–H and O–H groups in total. The number of aromatic hydroxyl groups is 1. The molecule has 0 radical (unpaired) electrons. The number of ether oxygens (including phenoxy) is 1.